The van der Waals surface area contributed by atoms with Crippen LogP contribution in [0.25, 0.3) is 5.57 Å². The van der Waals surface area contributed by atoms with Crippen molar-refractivity contribution in [3.8, 4) is 5.75 Å². The van der Waals surface area contributed by atoms with Crippen LogP contribution >= 0.6 is 0 Å². The molecule has 2 rings (SSSR count). The number of ether oxygens (including phenoxy) is 2. The van der Waals surface area contributed by atoms with Crippen molar-refractivity contribution in [3.05, 3.63) is 58.2 Å². The Labute approximate surface area is 180 Å². The number of halogens is 2. The summed E-state index contributed by atoms with van der Waals surface area (Å²) < 4.78 is 39.6. The Hall–Kier alpha value is -1.94. The van der Waals surface area contributed by atoms with Crippen LogP contribution in [0.2, 0.25) is 0 Å². The van der Waals surface area contributed by atoms with Crippen LogP contribution in [0.3, 0.4) is 0 Å². The molecule has 0 aliphatic heterocycles. The third kappa shape index (κ3) is 5.21. The maximum atomic E-state index is 15.2. The Kier molecular flexibility index (Phi) is 7.68. The summed E-state index contributed by atoms with van der Waals surface area (Å²) in [6.07, 6.45) is 5.45. The van der Waals surface area contributed by atoms with Gasteiger partial charge in [0.05, 0.1) is 5.83 Å². The van der Waals surface area contributed by atoms with Gasteiger partial charge < -0.3 is 9.47 Å². The number of allylic oxidation sites excluding steroid dienone is 6. The topological polar surface area (TPSA) is 18.5 Å². The molecule has 0 saturated heterocycles. The number of hydrogen-bond donors (Lipinski definition) is 0. The molecular formula is C26H36F2O2. The fraction of sp³-hybridized carbons (Fsp3) is 0.538. The summed E-state index contributed by atoms with van der Waals surface area (Å²) in [6.45, 7) is 14.0. The van der Waals surface area contributed by atoms with Crippen molar-refractivity contribution in [3.63, 3.8) is 0 Å². The van der Waals surface area contributed by atoms with Crippen molar-refractivity contribution in [2.45, 2.75) is 78.6 Å². The van der Waals surface area contributed by atoms with E-state index in [2.05, 4.69) is 39.8 Å². The van der Waals surface area contributed by atoms with Crippen LogP contribution in [0, 0.1) is 0 Å². The number of rotatable bonds is 7. The zero-order valence-corrected chi connectivity index (χ0v) is 19.7. The van der Waals surface area contributed by atoms with Gasteiger partial charge in [0.15, 0.2) is 6.79 Å². The highest BCUT2D eigenvalue weighted by atomic mass is 19.1. The molecule has 0 spiro atoms. The lowest BCUT2D eigenvalue weighted by atomic mass is 9.62. The van der Waals surface area contributed by atoms with Gasteiger partial charge in [-0.1, -0.05) is 40.7 Å². The predicted octanol–water partition coefficient (Wildman–Crippen LogP) is 7.93. The quantitative estimate of drug-likeness (QED) is 0.331. The fourth-order valence-corrected chi connectivity index (χ4v) is 3.97. The van der Waals surface area contributed by atoms with Gasteiger partial charge in [-0.2, -0.15) is 0 Å². The van der Waals surface area contributed by atoms with Crippen LogP contribution in [0.5, 0.6) is 5.75 Å². The highest BCUT2D eigenvalue weighted by Gasteiger charge is 2.38. The number of fused-ring (bicyclic) bond motifs is 1. The molecule has 0 bridgehead atoms. The van der Waals surface area contributed by atoms with Crippen LogP contribution in [0.4, 0.5) is 8.78 Å². The standard InChI is InChI=1S/C26H36F2O2/c1-9-19(23(28)11-10-17(2)18(3)27)20-14-21-22(15-24(20)30-16-29-8)26(6,7)13-12-25(21,4)5/h10-11,14-15H,9,12-13,16H2,1-8H3/b11-10+,18-17?,23-19+. The first kappa shape index (κ1) is 24.3. The minimum absolute atomic E-state index is 0.00474. The maximum absolute atomic E-state index is 15.2. The Balaban J connectivity index is 2.72. The van der Waals surface area contributed by atoms with E-state index < -0.39 is 0 Å². The molecular weight excluding hydrogens is 382 g/mol. The van der Waals surface area contributed by atoms with E-state index in [0.717, 1.165) is 18.4 Å². The van der Waals surface area contributed by atoms with Crippen molar-refractivity contribution in [1.29, 1.82) is 0 Å². The molecule has 0 unspecified atom stereocenters. The minimum Gasteiger partial charge on any atom is -0.467 e. The lowest BCUT2D eigenvalue weighted by molar-refractivity contribution is 0.0507. The third-order valence-corrected chi connectivity index (χ3v) is 6.28. The van der Waals surface area contributed by atoms with E-state index in [1.165, 1.54) is 30.2 Å². The zero-order chi connectivity index (χ0) is 22.7. The molecule has 0 radical (unpaired) electrons. The molecule has 0 saturated carbocycles. The summed E-state index contributed by atoms with van der Waals surface area (Å²) in [5.41, 5.74) is 4.18. The van der Waals surface area contributed by atoms with Gasteiger partial charge in [0.25, 0.3) is 0 Å². The predicted molar refractivity (Wildman–Crippen MR) is 121 cm³/mol. The van der Waals surface area contributed by atoms with Gasteiger partial charge in [0.2, 0.25) is 0 Å². The summed E-state index contributed by atoms with van der Waals surface area (Å²) in [4.78, 5) is 0. The molecule has 0 fully saturated rings. The van der Waals surface area contributed by atoms with Gasteiger partial charge >= 0.3 is 0 Å². The van der Waals surface area contributed by atoms with E-state index in [9.17, 15) is 4.39 Å². The molecule has 1 aromatic carbocycles. The molecule has 2 nitrogen and oxygen atoms in total. The first-order chi connectivity index (χ1) is 13.9. The van der Waals surface area contributed by atoms with Crippen LogP contribution in [-0.4, -0.2) is 13.9 Å². The smallest absolute Gasteiger partial charge is 0.188 e. The van der Waals surface area contributed by atoms with Crippen LogP contribution < -0.4 is 4.74 Å². The summed E-state index contributed by atoms with van der Waals surface area (Å²) in [5, 5.41) is 0. The Morgan fingerprint density at radius 3 is 2.07 bits per heavy atom. The summed E-state index contributed by atoms with van der Waals surface area (Å²) in [7, 11) is 1.57. The molecule has 1 aliphatic carbocycles. The first-order valence-electron chi connectivity index (χ1n) is 10.7. The van der Waals surface area contributed by atoms with E-state index in [1.807, 2.05) is 6.92 Å². The van der Waals surface area contributed by atoms with E-state index in [-0.39, 0.29) is 29.3 Å². The summed E-state index contributed by atoms with van der Waals surface area (Å²) in [6, 6.07) is 4.16. The van der Waals surface area contributed by atoms with Gasteiger partial charge in [-0.15, -0.1) is 0 Å². The molecule has 1 aliphatic rings. The third-order valence-electron chi connectivity index (χ3n) is 6.28. The van der Waals surface area contributed by atoms with Crippen molar-refractivity contribution in [2.24, 2.45) is 0 Å². The largest absolute Gasteiger partial charge is 0.467 e. The Bertz CT molecular complexity index is 869. The highest BCUT2D eigenvalue weighted by molar-refractivity contribution is 5.75. The minimum atomic E-state index is -0.381. The molecule has 0 heterocycles. The van der Waals surface area contributed by atoms with Gasteiger partial charge in [0, 0.05) is 12.7 Å². The van der Waals surface area contributed by atoms with E-state index in [4.69, 9.17) is 9.47 Å². The first-order valence-corrected chi connectivity index (χ1v) is 10.7. The van der Waals surface area contributed by atoms with Crippen LogP contribution in [0.15, 0.2) is 41.5 Å². The van der Waals surface area contributed by atoms with Crippen LogP contribution in [0.1, 0.15) is 84.4 Å². The molecule has 0 atom stereocenters. The van der Waals surface area contributed by atoms with Gasteiger partial charge in [-0.05, 0) is 84.4 Å². The highest BCUT2D eigenvalue weighted by Crippen LogP contribution is 2.49. The van der Waals surface area contributed by atoms with Crippen LogP contribution in [-0.2, 0) is 15.6 Å². The lowest BCUT2D eigenvalue weighted by Crippen LogP contribution is -2.34. The molecule has 4 heteroatoms. The normalized spacial score (nSPS) is 19.3. The molecule has 0 N–H and O–H groups in total. The van der Waals surface area contributed by atoms with E-state index >= 15 is 4.39 Å². The molecule has 0 aromatic heterocycles. The number of methoxy groups -OCH3 is 1. The lowest BCUT2D eigenvalue weighted by Gasteiger charge is -2.42. The maximum Gasteiger partial charge on any atom is 0.188 e. The van der Waals surface area contributed by atoms with Crippen molar-refractivity contribution >= 4 is 5.57 Å². The zero-order valence-electron chi connectivity index (χ0n) is 19.7. The number of hydrogen-bond acceptors (Lipinski definition) is 2. The SMILES string of the molecule is CC/C(=C(F)/C=C/C(C)=C(C)F)c1cc2c(cc1OCOC)C(C)(C)CCC2(C)C. The number of benzene rings is 1. The molecule has 166 valence electrons. The van der Waals surface area contributed by atoms with Crippen molar-refractivity contribution in [2.75, 3.05) is 13.9 Å². The average Bonchev–Trinajstić information content (AvgIpc) is 2.68. The van der Waals surface area contributed by atoms with Crippen molar-refractivity contribution in [1.82, 2.24) is 0 Å². The Morgan fingerprint density at radius 1 is 1.00 bits per heavy atom. The molecule has 1 aromatic rings. The molecule has 0 amide bonds. The summed E-state index contributed by atoms with van der Waals surface area (Å²) >= 11 is 0. The second kappa shape index (κ2) is 9.47. The molecule has 30 heavy (non-hydrogen) atoms. The van der Waals surface area contributed by atoms with Gasteiger partial charge in [-0.3, -0.25) is 0 Å². The summed E-state index contributed by atoms with van der Waals surface area (Å²) in [5.74, 6) is -0.0807. The second-order valence-electron chi connectivity index (χ2n) is 9.44. The second-order valence-corrected chi connectivity index (χ2v) is 9.44. The Morgan fingerprint density at radius 2 is 1.57 bits per heavy atom. The van der Waals surface area contributed by atoms with Gasteiger partial charge in [-0.25, -0.2) is 8.78 Å². The van der Waals surface area contributed by atoms with E-state index in [0.29, 0.717) is 23.3 Å². The average molecular weight is 419 g/mol. The van der Waals surface area contributed by atoms with Gasteiger partial charge in [0.1, 0.15) is 11.6 Å². The van der Waals surface area contributed by atoms with E-state index in [1.54, 1.807) is 14.0 Å². The van der Waals surface area contributed by atoms with Crippen molar-refractivity contribution < 1.29 is 18.3 Å². The fourth-order valence-electron chi connectivity index (χ4n) is 3.97. The monoisotopic (exact) mass is 418 g/mol.